The molecule has 4 amide bonds. The highest BCUT2D eigenvalue weighted by Crippen LogP contribution is 2.44. The van der Waals surface area contributed by atoms with Crippen molar-refractivity contribution in [2.75, 3.05) is 46.0 Å². The average Bonchev–Trinajstić information content (AvgIpc) is 3.60. The standard InChI is InChI=1S/2C18H22F3NO5S5/c2*1-2-3-14(30-8-6-28)15(31-9-7-29)11-4-5-12-13(10-11)17(24)22(16(12)23)27-32(25,26)18(19,20)21/h2*4-5,10,14-15,28-29H,2-3,6-9H2,1H3. The number of thioether (sulfide) groups is 4. The van der Waals surface area contributed by atoms with E-state index in [1.54, 1.807) is 59.2 Å². The lowest BCUT2D eigenvalue weighted by molar-refractivity contribution is -0.0755. The Morgan fingerprint density at radius 3 is 1.11 bits per heavy atom. The lowest BCUT2D eigenvalue weighted by atomic mass is 10.0. The Kier molecular flexibility index (Phi) is 22.8. The smallest absolute Gasteiger partial charge is 0.266 e. The number of benzene rings is 2. The van der Waals surface area contributed by atoms with Crippen molar-refractivity contribution in [2.24, 2.45) is 0 Å². The van der Waals surface area contributed by atoms with Crippen LogP contribution in [0.1, 0.15) is 103 Å². The number of fused-ring (bicyclic) bond motifs is 2. The van der Waals surface area contributed by atoms with E-state index < -0.39 is 54.9 Å². The minimum absolute atomic E-state index is 0.0749. The molecule has 12 nitrogen and oxygen atoms in total. The van der Waals surface area contributed by atoms with Crippen molar-refractivity contribution >= 4 is 141 Å². The number of hydrogen-bond donors (Lipinski definition) is 4. The molecule has 64 heavy (non-hydrogen) atoms. The second-order valence-electron chi connectivity index (χ2n) is 13.2. The average molecular weight is 1100 g/mol. The molecular formula is C36H44F6N2O10S10. The fourth-order valence-corrected chi connectivity index (χ4v) is 13.5. The first-order chi connectivity index (χ1) is 30.0. The maximum atomic E-state index is 12.6. The summed E-state index contributed by atoms with van der Waals surface area (Å²) < 4.78 is 129. The van der Waals surface area contributed by atoms with E-state index in [9.17, 15) is 62.4 Å². The van der Waals surface area contributed by atoms with Crippen LogP contribution in [0.25, 0.3) is 0 Å². The summed E-state index contributed by atoms with van der Waals surface area (Å²) in [6, 6.07) is 8.75. The molecule has 0 aromatic heterocycles. The predicted octanol–water partition coefficient (Wildman–Crippen LogP) is 9.20. The van der Waals surface area contributed by atoms with E-state index in [0.717, 1.165) is 48.7 Å². The zero-order valence-corrected chi connectivity index (χ0v) is 42.2. The van der Waals surface area contributed by atoms with Gasteiger partial charge < -0.3 is 0 Å². The van der Waals surface area contributed by atoms with Crippen molar-refractivity contribution < 1.29 is 70.9 Å². The molecule has 28 heteroatoms. The van der Waals surface area contributed by atoms with Crippen LogP contribution in [0.2, 0.25) is 0 Å². The Morgan fingerprint density at radius 1 is 0.531 bits per heavy atom. The number of amides is 4. The van der Waals surface area contributed by atoms with Crippen LogP contribution in [-0.2, 0) is 28.8 Å². The van der Waals surface area contributed by atoms with Crippen molar-refractivity contribution in [3.63, 3.8) is 0 Å². The summed E-state index contributed by atoms with van der Waals surface area (Å²) in [5.74, 6) is 0.634. The SMILES string of the molecule is CCCC(SCCS)C(SCCS)c1ccc2c(c1)C(=O)N(OS(=O)(=O)C(F)(F)F)C2=O.CCCC(SCCS)C(SCCS)c1ccc2c(c1)C(=O)N(OS(=O)(=O)C(F)(F)F)C2=O. The van der Waals surface area contributed by atoms with Crippen molar-refractivity contribution in [1.29, 1.82) is 0 Å². The number of rotatable bonds is 24. The summed E-state index contributed by atoms with van der Waals surface area (Å²) in [5, 5.41) is -0.526. The van der Waals surface area contributed by atoms with Crippen LogP contribution in [-0.4, -0.2) is 118 Å². The minimum Gasteiger partial charge on any atom is -0.266 e. The number of halogens is 6. The lowest BCUT2D eigenvalue weighted by Gasteiger charge is -2.27. The van der Waals surface area contributed by atoms with Crippen LogP contribution < -0.4 is 0 Å². The normalized spacial score (nSPS) is 16.4. The molecule has 0 radical (unpaired) electrons. The number of hydroxylamine groups is 4. The van der Waals surface area contributed by atoms with Crippen LogP contribution >= 0.6 is 97.6 Å². The molecule has 0 fully saturated rings. The van der Waals surface area contributed by atoms with Crippen molar-refractivity contribution in [3.8, 4) is 0 Å². The zero-order valence-electron chi connectivity index (χ0n) is 33.7. The van der Waals surface area contributed by atoms with Gasteiger partial charge in [-0.1, -0.05) is 38.8 Å². The number of carbonyl (C=O) groups is 4. The van der Waals surface area contributed by atoms with Crippen LogP contribution in [0, 0.1) is 0 Å². The highest BCUT2D eigenvalue weighted by atomic mass is 32.2. The molecule has 0 bridgehead atoms. The second kappa shape index (κ2) is 25.5. The molecule has 4 atom stereocenters. The molecule has 0 aliphatic carbocycles. The van der Waals surface area contributed by atoms with Gasteiger partial charge in [0.05, 0.1) is 22.3 Å². The molecule has 0 saturated heterocycles. The molecule has 0 spiro atoms. The predicted molar refractivity (Wildman–Crippen MR) is 254 cm³/mol. The van der Waals surface area contributed by atoms with E-state index in [1.807, 2.05) is 0 Å². The summed E-state index contributed by atoms with van der Waals surface area (Å²) in [4.78, 5) is 49.9. The van der Waals surface area contributed by atoms with Crippen molar-refractivity contribution in [2.45, 2.75) is 71.5 Å². The number of thiol groups is 4. The Bertz CT molecular complexity index is 2030. The lowest BCUT2D eigenvalue weighted by Crippen LogP contribution is -2.37. The van der Waals surface area contributed by atoms with Gasteiger partial charge in [0, 0.05) is 44.0 Å². The first kappa shape index (κ1) is 57.2. The summed E-state index contributed by atoms with van der Waals surface area (Å²) in [5.41, 5.74) is -11.0. The molecule has 0 saturated carbocycles. The Balaban J connectivity index is 0.000000340. The van der Waals surface area contributed by atoms with Gasteiger partial charge in [0.1, 0.15) is 0 Å². The largest absolute Gasteiger partial charge is 0.525 e. The first-order valence-electron chi connectivity index (χ1n) is 18.9. The molecule has 2 aliphatic rings. The van der Waals surface area contributed by atoms with E-state index in [1.165, 1.54) is 24.3 Å². The third kappa shape index (κ3) is 14.5. The molecule has 360 valence electrons. The van der Waals surface area contributed by atoms with Gasteiger partial charge in [0.2, 0.25) is 0 Å². The number of imide groups is 2. The van der Waals surface area contributed by atoms with Gasteiger partial charge in [-0.3, -0.25) is 19.2 Å². The quantitative estimate of drug-likeness (QED) is 0.0341. The molecule has 0 N–H and O–H groups in total. The van der Waals surface area contributed by atoms with Gasteiger partial charge in [-0.25, -0.2) is 0 Å². The zero-order chi connectivity index (χ0) is 48.2. The van der Waals surface area contributed by atoms with Gasteiger partial charge in [-0.2, -0.15) is 141 Å². The number of nitrogens with zero attached hydrogens (tertiary/aromatic N) is 2. The summed E-state index contributed by atoms with van der Waals surface area (Å²) in [7, 11) is -12.3. The van der Waals surface area contributed by atoms with Crippen LogP contribution in [0.4, 0.5) is 26.3 Å². The fraction of sp³-hybridized carbons (Fsp3) is 0.556. The number of alkyl halides is 6. The first-order valence-corrected chi connectivity index (χ1v) is 28.5. The van der Waals surface area contributed by atoms with Crippen LogP contribution in [0.3, 0.4) is 0 Å². The topological polar surface area (TPSA) is 161 Å². The molecular weight excluding hydrogens is 1060 g/mol. The molecule has 4 rings (SSSR count). The van der Waals surface area contributed by atoms with Crippen molar-refractivity contribution in [1.82, 2.24) is 10.1 Å². The van der Waals surface area contributed by atoms with Gasteiger partial charge in [0.15, 0.2) is 0 Å². The maximum absolute atomic E-state index is 12.6. The van der Waals surface area contributed by atoms with Crippen molar-refractivity contribution in [3.05, 3.63) is 69.8 Å². The van der Waals surface area contributed by atoms with E-state index in [0.29, 0.717) is 34.1 Å². The molecule has 2 aromatic carbocycles. The molecule has 2 heterocycles. The summed E-state index contributed by atoms with van der Waals surface area (Å²) in [6.07, 6.45) is 3.60. The molecule has 2 aromatic rings. The van der Waals surface area contributed by atoms with Crippen LogP contribution in [0.5, 0.6) is 0 Å². The fourth-order valence-electron chi connectivity index (χ4n) is 6.06. The maximum Gasteiger partial charge on any atom is 0.525 e. The van der Waals surface area contributed by atoms with E-state index in [2.05, 4.69) is 72.9 Å². The Hall–Kier alpha value is -1.08. The van der Waals surface area contributed by atoms with Gasteiger partial charge in [0.25, 0.3) is 23.6 Å². The number of carbonyl (C=O) groups excluding carboxylic acids is 4. The highest BCUT2D eigenvalue weighted by molar-refractivity contribution is 8.04. The van der Waals surface area contributed by atoms with Gasteiger partial charge in [-0.15, -0.1) is 18.7 Å². The third-order valence-corrected chi connectivity index (χ3v) is 18.6. The minimum atomic E-state index is -6.17. The second-order valence-corrected chi connectivity index (χ2v) is 23.3. The number of hydrogen-bond acceptors (Lipinski definition) is 18. The van der Waals surface area contributed by atoms with Crippen LogP contribution in [0.15, 0.2) is 36.4 Å². The molecule has 4 unspecified atom stereocenters. The Labute approximate surface area is 406 Å². The monoisotopic (exact) mass is 1100 g/mol. The summed E-state index contributed by atoms with van der Waals surface area (Å²) in [6.45, 7) is 4.10. The van der Waals surface area contributed by atoms with E-state index in [-0.39, 0.29) is 53.4 Å². The van der Waals surface area contributed by atoms with Gasteiger partial charge in [-0.05, 0) is 71.2 Å². The third-order valence-electron chi connectivity index (χ3n) is 8.76. The van der Waals surface area contributed by atoms with Gasteiger partial charge >= 0.3 is 31.3 Å². The van der Waals surface area contributed by atoms with E-state index >= 15 is 0 Å². The molecule has 2 aliphatic heterocycles. The Morgan fingerprint density at radius 2 is 0.828 bits per heavy atom. The highest BCUT2D eigenvalue weighted by Gasteiger charge is 2.53. The van der Waals surface area contributed by atoms with E-state index in [4.69, 9.17) is 0 Å². The summed E-state index contributed by atoms with van der Waals surface area (Å²) >= 11 is 23.7.